The Balaban J connectivity index is 3.42. The first kappa shape index (κ1) is 11.6. The summed E-state index contributed by atoms with van der Waals surface area (Å²) in [6.45, 7) is 1.53. The van der Waals surface area contributed by atoms with E-state index in [4.69, 9.17) is 5.11 Å². The molecule has 1 aromatic rings. The summed E-state index contributed by atoms with van der Waals surface area (Å²) in [5.41, 5.74) is -0.303. The summed E-state index contributed by atoms with van der Waals surface area (Å²) < 4.78 is 0. The number of carbonyl (C=O) groups is 2. The number of anilines is 1. The van der Waals surface area contributed by atoms with E-state index in [0.717, 1.165) is 12.1 Å². The topological polar surface area (TPSA) is 110 Å². The first-order chi connectivity index (χ1) is 7.47. The standard InChI is InChI=1S/C9H8N2O5/c1-5-2-8(11(15)16)6(9(13)14)3-7(5)10-4-12/h2-4H,1H3,(H,10,12)(H,13,14). The minimum atomic E-state index is -1.42. The van der Waals surface area contributed by atoms with Gasteiger partial charge in [-0.1, -0.05) is 0 Å². The number of rotatable bonds is 4. The minimum absolute atomic E-state index is 0.234. The van der Waals surface area contributed by atoms with Gasteiger partial charge in [0.05, 0.1) is 4.92 Å². The average Bonchev–Trinajstić information content (AvgIpc) is 2.20. The minimum Gasteiger partial charge on any atom is -0.477 e. The monoisotopic (exact) mass is 224 g/mol. The van der Waals surface area contributed by atoms with Crippen molar-refractivity contribution in [3.63, 3.8) is 0 Å². The molecule has 0 atom stereocenters. The van der Waals surface area contributed by atoms with Gasteiger partial charge in [0, 0.05) is 11.8 Å². The molecule has 0 unspecified atom stereocenters. The number of nitrogens with one attached hydrogen (secondary N) is 1. The van der Waals surface area contributed by atoms with Gasteiger partial charge in [0.25, 0.3) is 5.69 Å². The zero-order valence-corrected chi connectivity index (χ0v) is 8.26. The SMILES string of the molecule is Cc1cc([N+](=O)[O-])c(C(=O)O)cc1NC=O. The van der Waals surface area contributed by atoms with Crippen molar-refractivity contribution in [1.29, 1.82) is 0 Å². The van der Waals surface area contributed by atoms with Gasteiger partial charge in [-0.3, -0.25) is 14.9 Å². The van der Waals surface area contributed by atoms with E-state index in [0.29, 0.717) is 12.0 Å². The Hall–Kier alpha value is -2.44. The smallest absolute Gasteiger partial charge is 0.342 e. The summed E-state index contributed by atoms with van der Waals surface area (Å²) in [6, 6.07) is 2.17. The number of nitro benzene ring substituents is 1. The summed E-state index contributed by atoms with van der Waals surface area (Å²) in [7, 11) is 0. The summed E-state index contributed by atoms with van der Waals surface area (Å²) in [5, 5.41) is 21.6. The Morgan fingerprint density at radius 3 is 2.62 bits per heavy atom. The fraction of sp³-hybridized carbons (Fsp3) is 0.111. The van der Waals surface area contributed by atoms with Crippen LogP contribution in [0.25, 0.3) is 0 Å². The van der Waals surface area contributed by atoms with E-state index in [1.54, 1.807) is 0 Å². The van der Waals surface area contributed by atoms with E-state index < -0.39 is 22.1 Å². The summed E-state index contributed by atoms with van der Waals surface area (Å²) in [6.07, 6.45) is 0.375. The van der Waals surface area contributed by atoms with Crippen LogP contribution in [0.15, 0.2) is 12.1 Å². The molecule has 0 saturated heterocycles. The van der Waals surface area contributed by atoms with Crippen LogP contribution in [0.1, 0.15) is 15.9 Å². The Kier molecular flexibility index (Phi) is 3.19. The number of carboxylic acid groups (broad SMARTS) is 1. The quantitative estimate of drug-likeness (QED) is 0.453. The number of carbonyl (C=O) groups excluding carboxylic acids is 1. The number of nitro groups is 1. The zero-order valence-electron chi connectivity index (χ0n) is 8.26. The van der Waals surface area contributed by atoms with Crippen molar-refractivity contribution >= 4 is 23.8 Å². The van der Waals surface area contributed by atoms with Crippen molar-refractivity contribution in [2.45, 2.75) is 6.92 Å². The third-order valence-corrected chi connectivity index (χ3v) is 1.98. The van der Waals surface area contributed by atoms with Gasteiger partial charge in [-0.15, -0.1) is 0 Å². The molecular weight excluding hydrogens is 216 g/mol. The van der Waals surface area contributed by atoms with Gasteiger partial charge in [0.15, 0.2) is 0 Å². The number of carboxylic acids is 1. The first-order valence-electron chi connectivity index (χ1n) is 4.20. The third-order valence-electron chi connectivity index (χ3n) is 1.98. The lowest BCUT2D eigenvalue weighted by molar-refractivity contribution is -0.385. The van der Waals surface area contributed by atoms with Crippen LogP contribution in [0.5, 0.6) is 0 Å². The molecule has 0 bridgehead atoms. The molecule has 7 nitrogen and oxygen atoms in total. The molecule has 7 heteroatoms. The van der Waals surface area contributed by atoms with E-state index >= 15 is 0 Å². The molecule has 84 valence electrons. The van der Waals surface area contributed by atoms with Crippen molar-refractivity contribution in [3.05, 3.63) is 33.4 Å². The van der Waals surface area contributed by atoms with Crippen LogP contribution in [0.2, 0.25) is 0 Å². The van der Waals surface area contributed by atoms with E-state index in [2.05, 4.69) is 5.32 Å². The number of benzene rings is 1. The number of hydrogen-bond acceptors (Lipinski definition) is 4. The summed E-state index contributed by atoms with van der Waals surface area (Å²) in [4.78, 5) is 30.8. The van der Waals surface area contributed by atoms with Gasteiger partial charge in [-0.25, -0.2) is 4.79 Å². The van der Waals surface area contributed by atoms with Gasteiger partial charge < -0.3 is 10.4 Å². The average molecular weight is 224 g/mol. The predicted molar refractivity (Wildman–Crippen MR) is 54.5 cm³/mol. The first-order valence-corrected chi connectivity index (χ1v) is 4.20. The highest BCUT2D eigenvalue weighted by atomic mass is 16.6. The molecule has 0 fully saturated rings. The highest BCUT2D eigenvalue weighted by Gasteiger charge is 2.21. The summed E-state index contributed by atoms with van der Waals surface area (Å²) in [5.74, 6) is -1.42. The van der Waals surface area contributed by atoms with Crippen LogP contribution in [0.4, 0.5) is 11.4 Å². The van der Waals surface area contributed by atoms with Gasteiger partial charge >= 0.3 is 5.97 Å². The van der Waals surface area contributed by atoms with Crippen molar-refractivity contribution in [2.24, 2.45) is 0 Å². The largest absolute Gasteiger partial charge is 0.477 e. The number of amides is 1. The summed E-state index contributed by atoms with van der Waals surface area (Å²) >= 11 is 0. The van der Waals surface area contributed by atoms with Gasteiger partial charge in [-0.2, -0.15) is 0 Å². The van der Waals surface area contributed by atoms with Crippen LogP contribution < -0.4 is 5.32 Å². The van der Waals surface area contributed by atoms with Crippen molar-refractivity contribution in [2.75, 3.05) is 5.32 Å². The van der Waals surface area contributed by atoms with Crippen LogP contribution in [0, 0.1) is 17.0 Å². The number of nitrogens with zero attached hydrogens (tertiary/aromatic N) is 1. The van der Waals surface area contributed by atoms with Crippen LogP contribution in [-0.2, 0) is 4.79 Å². The normalized spacial score (nSPS) is 9.56. The van der Waals surface area contributed by atoms with E-state index in [-0.39, 0.29) is 5.69 Å². The molecule has 0 aliphatic rings. The lowest BCUT2D eigenvalue weighted by Gasteiger charge is -2.05. The second-order valence-corrected chi connectivity index (χ2v) is 3.01. The molecule has 0 aliphatic heterocycles. The molecule has 0 radical (unpaired) electrons. The molecular formula is C9H8N2O5. The second kappa shape index (κ2) is 4.39. The zero-order chi connectivity index (χ0) is 12.3. The highest BCUT2D eigenvalue weighted by molar-refractivity contribution is 5.94. The van der Waals surface area contributed by atoms with Gasteiger partial charge in [-0.05, 0) is 18.6 Å². The maximum atomic E-state index is 10.8. The maximum absolute atomic E-state index is 10.8. The Morgan fingerprint density at radius 1 is 1.56 bits per heavy atom. The van der Waals surface area contributed by atoms with Crippen molar-refractivity contribution in [1.82, 2.24) is 0 Å². The van der Waals surface area contributed by atoms with Gasteiger partial charge in [0.2, 0.25) is 6.41 Å². The molecule has 16 heavy (non-hydrogen) atoms. The molecule has 0 aliphatic carbocycles. The third kappa shape index (κ3) is 2.14. The lowest BCUT2D eigenvalue weighted by atomic mass is 10.1. The molecule has 1 amide bonds. The fourth-order valence-corrected chi connectivity index (χ4v) is 1.23. The number of aromatic carboxylic acids is 1. The molecule has 1 rings (SSSR count). The maximum Gasteiger partial charge on any atom is 0.342 e. The number of hydrogen-bond donors (Lipinski definition) is 2. The van der Waals surface area contributed by atoms with E-state index in [9.17, 15) is 19.7 Å². The Bertz CT molecular complexity index is 469. The van der Waals surface area contributed by atoms with Gasteiger partial charge in [0.1, 0.15) is 5.56 Å². The van der Waals surface area contributed by atoms with E-state index in [1.807, 2.05) is 0 Å². The second-order valence-electron chi connectivity index (χ2n) is 3.01. The Morgan fingerprint density at radius 2 is 2.19 bits per heavy atom. The molecule has 0 saturated carbocycles. The predicted octanol–water partition coefficient (Wildman–Crippen LogP) is 1.17. The molecule has 0 heterocycles. The van der Waals surface area contributed by atoms with Crippen LogP contribution >= 0.6 is 0 Å². The number of aryl methyl sites for hydroxylation is 1. The van der Waals surface area contributed by atoms with Crippen LogP contribution in [0.3, 0.4) is 0 Å². The van der Waals surface area contributed by atoms with Crippen LogP contribution in [-0.4, -0.2) is 22.4 Å². The molecule has 1 aromatic carbocycles. The molecule has 0 spiro atoms. The lowest BCUT2D eigenvalue weighted by Crippen LogP contribution is -2.06. The van der Waals surface area contributed by atoms with Crippen molar-refractivity contribution in [3.8, 4) is 0 Å². The van der Waals surface area contributed by atoms with E-state index in [1.165, 1.54) is 6.92 Å². The fourth-order valence-electron chi connectivity index (χ4n) is 1.23. The molecule has 0 aromatic heterocycles. The molecule has 2 N–H and O–H groups in total. The highest BCUT2D eigenvalue weighted by Crippen LogP contribution is 2.26. The Labute approximate surface area is 89.8 Å². The van der Waals surface area contributed by atoms with Crippen molar-refractivity contribution < 1.29 is 19.6 Å².